The van der Waals surface area contributed by atoms with Crippen LogP contribution in [0.1, 0.15) is 6.92 Å². The summed E-state index contributed by atoms with van der Waals surface area (Å²) in [5.41, 5.74) is -0.232. The molecule has 0 aromatic heterocycles. The van der Waals surface area contributed by atoms with Crippen LogP contribution in [0, 0.1) is 0 Å². The number of aromatic hydroxyl groups is 1. The van der Waals surface area contributed by atoms with E-state index in [1.165, 1.54) is 43.3 Å². The largest absolute Gasteiger partial charge is 0.505 e. The van der Waals surface area contributed by atoms with Crippen molar-refractivity contribution < 1.29 is 36.4 Å². The number of hydrogen-bond donors (Lipinski definition) is 4. The SMILES string of the molecule is CC(=O)Nc1ccc2cc(S(=O)(=O)O)c(N=Nc3cccc(S(=O)(=O)CCO)c3)c(O)c2c1. The molecule has 33 heavy (non-hydrogen) atoms. The van der Waals surface area contributed by atoms with Crippen molar-refractivity contribution in [2.75, 3.05) is 17.7 Å². The summed E-state index contributed by atoms with van der Waals surface area (Å²) in [5.74, 6) is -1.48. The molecule has 4 N–H and O–H groups in total. The fourth-order valence-corrected chi connectivity index (χ4v) is 4.72. The minimum absolute atomic E-state index is 0.0156. The van der Waals surface area contributed by atoms with Crippen molar-refractivity contribution in [3.05, 3.63) is 48.5 Å². The Morgan fingerprint density at radius 3 is 2.39 bits per heavy atom. The first kappa shape index (κ1) is 24.3. The van der Waals surface area contributed by atoms with Gasteiger partial charge < -0.3 is 15.5 Å². The summed E-state index contributed by atoms with van der Waals surface area (Å²) >= 11 is 0. The Bertz CT molecular complexity index is 1480. The van der Waals surface area contributed by atoms with Crippen molar-refractivity contribution >= 4 is 53.7 Å². The number of phenolic OH excluding ortho intramolecular Hbond substituents is 1. The molecule has 0 radical (unpaired) electrons. The minimum Gasteiger partial charge on any atom is -0.505 e. The number of hydrogen-bond acceptors (Lipinski definition) is 9. The van der Waals surface area contributed by atoms with Gasteiger partial charge in [0.2, 0.25) is 5.91 Å². The molecule has 0 saturated heterocycles. The number of phenols is 1. The number of nitrogens with zero attached hydrogens (tertiary/aromatic N) is 2. The van der Waals surface area contributed by atoms with Crippen LogP contribution >= 0.6 is 0 Å². The summed E-state index contributed by atoms with van der Waals surface area (Å²) in [6.45, 7) is 0.719. The van der Waals surface area contributed by atoms with Gasteiger partial charge in [0.25, 0.3) is 10.1 Å². The predicted octanol–water partition coefficient (Wildman–Crippen LogP) is 2.93. The molecule has 11 nitrogen and oxygen atoms in total. The second-order valence-electron chi connectivity index (χ2n) is 6.90. The Kier molecular flexibility index (Phi) is 6.78. The lowest BCUT2D eigenvalue weighted by Crippen LogP contribution is -2.09. The molecule has 3 rings (SSSR count). The van der Waals surface area contributed by atoms with Gasteiger partial charge in [-0.2, -0.15) is 13.5 Å². The van der Waals surface area contributed by atoms with Crippen LogP contribution in [0.4, 0.5) is 17.1 Å². The molecule has 0 aliphatic rings. The zero-order chi connectivity index (χ0) is 24.4. The number of amides is 1. The normalized spacial score (nSPS) is 12.3. The van der Waals surface area contributed by atoms with Gasteiger partial charge in [0.1, 0.15) is 10.6 Å². The number of aliphatic hydroxyl groups excluding tert-OH is 1. The molecule has 3 aromatic rings. The maximum absolute atomic E-state index is 12.1. The van der Waals surface area contributed by atoms with Crippen LogP contribution in [0.15, 0.2) is 68.6 Å². The third-order valence-corrected chi connectivity index (χ3v) is 7.01. The van der Waals surface area contributed by atoms with Crippen LogP contribution in [-0.4, -0.2) is 49.9 Å². The molecule has 0 bridgehead atoms. The number of nitrogens with one attached hydrogen (secondary N) is 1. The molecule has 0 atom stereocenters. The second-order valence-corrected chi connectivity index (χ2v) is 10.4. The third kappa shape index (κ3) is 5.51. The molecule has 3 aromatic carbocycles. The first-order chi connectivity index (χ1) is 15.4. The van der Waals surface area contributed by atoms with E-state index in [-0.39, 0.29) is 27.3 Å². The summed E-state index contributed by atoms with van der Waals surface area (Å²) < 4.78 is 57.7. The number of anilines is 1. The van der Waals surface area contributed by atoms with E-state index in [0.717, 1.165) is 12.1 Å². The Balaban J connectivity index is 2.16. The van der Waals surface area contributed by atoms with Crippen LogP contribution in [0.25, 0.3) is 10.8 Å². The maximum atomic E-state index is 12.1. The highest BCUT2D eigenvalue weighted by atomic mass is 32.2. The Morgan fingerprint density at radius 1 is 1.03 bits per heavy atom. The van der Waals surface area contributed by atoms with E-state index in [1.54, 1.807) is 0 Å². The number of sulfone groups is 1. The van der Waals surface area contributed by atoms with Gasteiger partial charge in [-0.1, -0.05) is 12.1 Å². The maximum Gasteiger partial charge on any atom is 0.296 e. The minimum atomic E-state index is -4.83. The fourth-order valence-electron chi connectivity index (χ4n) is 3.00. The van der Waals surface area contributed by atoms with Crippen molar-refractivity contribution in [2.45, 2.75) is 16.7 Å². The predicted molar refractivity (Wildman–Crippen MR) is 119 cm³/mol. The molecule has 174 valence electrons. The number of rotatable bonds is 7. The highest BCUT2D eigenvalue weighted by molar-refractivity contribution is 7.91. The molecular weight excluding hydrogens is 474 g/mol. The van der Waals surface area contributed by atoms with E-state index in [0.29, 0.717) is 5.69 Å². The van der Waals surface area contributed by atoms with Crippen molar-refractivity contribution in [3.8, 4) is 5.75 Å². The molecule has 0 spiro atoms. The summed E-state index contributed by atoms with van der Waals surface area (Å²) in [6, 6.07) is 10.6. The molecule has 0 aliphatic heterocycles. The lowest BCUT2D eigenvalue weighted by atomic mass is 10.1. The number of benzene rings is 3. The highest BCUT2D eigenvalue weighted by Gasteiger charge is 2.22. The number of azo groups is 1. The fraction of sp³-hybridized carbons (Fsp3) is 0.150. The number of carbonyl (C=O) groups is 1. The van der Waals surface area contributed by atoms with Gasteiger partial charge in [-0.15, -0.1) is 5.11 Å². The van der Waals surface area contributed by atoms with Gasteiger partial charge in [-0.05, 0) is 41.8 Å². The highest BCUT2D eigenvalue weighted by Crippen LogP contribution is 2.42. The van der Waals surface area contributed by atoms with Crippen molar-refractivity contribution in [2.24, 2.45) is 10.2 Å². The van der Waals surface area contributed by atoms with Crippen LogP contribution in [0.5, 0.6) is 5.75 Å². The van der Waals surface area contributed by atoms with Crippen molar-refractivity contribution in [1.82, 2.24) is 0 Å². The molecule has 0 heterocycles. The summed E-state index contributed by atoms with van der Waals surface area (Å²) in [5, 5.41) is 30.1. The summed E-state index contributed by atoms with van der Waals surface area (Å²) in [6.07, 6.45) is 0. The van der Waals surface area contributed by atoms with E-state index in [9.17, 15) is 31.3 Å². The first-order valence-electron chi connectivity index (χ1n) is 9.32. The first-order valence-corrected chi connectivity index (χ1v) is 12.4. The van der Waals surface area contributed by atoms with Gasteiger partial charge in [0.15, 0.2) is 15.6 Å². The van der Waals surface area contributed by atoms with Crippen LogP contribution in [0.2, 0.25) is 0 Å². The molecule has 0 aliphatic carbocycles. The summed E-state index contributed by atoms with van der Waals surface area (Å²) in [7, 11) is -8.60. The number of fused-ring (bicyclic) bond motifs is 1. The Labute approximate surface area is 189 Å². The van der Waals surface area contributed by atoms with Gasteiger partial charge in [-0.25, -0.2) is 8.42 Å². The monoisotopic (exact) mass is 493 g/mol. The van der Waals surface area contributed by atoms with Crippen LogP contribution < -0.4 is 5.32 Å². The van der Waals surface area contributed by atoms with E-state index < -0.39 is 48.6 Å². The lowest BCUT2D eigenvalue weighted by molar-refractivity contribution is -0.114. The topological polar surface area (TPSA) is 183 Å². The van der Waals surface area contributed by atoms with E-state index >= 15 is 0 Å². The summed E-state index contributed by atoms with van der Waals surface area (Å²) in [4.78, 5) is 10.5. The molecular formula is C20H19N3O8S2. The van der Waals surface area contributed by atoms with Gasteiger partial charge in [-0.3, -0.25) is 9.35 Å². The number of aliphatic hydroxyl groups is 1. The quantitative estimate of drug-likeness (QED) is 0.286. The van der Waals surface area contributed by atoms with E-state index in [4.69, 9.17) is 5.11 Å². The van der Waals surface area contributed by atoms with E-state index in [1.807, 2.05) is 0 Å². The van der Waals surface area contributed by atoms with Crippen molar-refractivity contribution in [3.63, 3.8) is 0 Å². The van der Waals surface area contributed by atoms with Gasteiger partial charge in [0, 0.05) is 18.0 Å². The van der Waals surface area contributed by atoms with Crippen molar-refractivity contribution in [1.29, 1.82) is 0 Å². The zero-order valence-corrected chi connectivity index (χ0v) is 18.8. The van der Waals surface area contributed by atoms with Crippen LogP contribution in [0.3, 0.4) is 0 Å². The second kappa shape index (κ2) is 9.23. The average Bonchev–Trinajstić information content (AvgIpc) is 2.72. The van der Waals surface area contributed by atoms with E-state index in [2.05, 4.69) is 15.5 Å². The standard InChI is InChI=1S/C20H19N3O8S2/c1-12(25)21-14-6-5-13-9-18(33(29,30)31)19(20(26)17(13)11-14)23-22-15-3-2-4-16(10-15)32(27,28)8-7-24/h2-6,9-11,24,26H,7-8H2,1H3,(H,21,25)(H,29,30,31). The molecule has 13 heteroatoms. The molecule has 1 amide bonds. The number of carbonyl (C=O) groups excluding carboxylic acids is 1. The smallest absolute Gasteiger partial charge is 0.296 e. The Hall–Kier alpha value is -3.39. The van der Waals surface area contributed by atoms with Crippen LogP contribution in [-0.2, 0) is 24.7 Å². The average molecular weight is 494 g/mol. The zero-order valence-electron chi connectivity index (χ0n) is 17.1. The Morgan fingerprint density at radius 2 is 1.76 bits per heavy atom. The van der Waals surface area contributed by atoms with Gasteiger partial charge in [0.05, 0.1) is 22.9 Å². The lowest BCUT2D eigenvalue weighted by Gasteiger charge is -2.10. The van der Waals surface area contributed by atoms with Gasteiger partial charge >= 0.3 is 0 Å². The third-order valence-electron chi connectivity index (χ3n) is 4.45. The molecule has 0 unspecified atom stereocenters. The molecule has 0 fully saturated rings. The molecule has 0 saturated carbocycles.